The Balaban J connectivity index is 2.45. The maximum atomic E-state index is 12.9. The molecule has 1 amide bonds. The molecular formula is C21H27N3O7S. The van der Waals surface area contributed by atoms with Crippen LogP contribution in [0.15, 0.2) is 41.3 Å². The summed E-state index contributed by atoms with van der Waals surface area (Å²) in [6.07, 6.45) is 0. The molecule has 10 nitrogen and oxygen atoms in total. The Morgan fingerprint density at radius 3 is 2.16 bits per heavy atom. The summed E-state index contributed by atoms with van der Waals surface area (Å²) >= 11 is 0. The molecule has 174 valence electrons. The fraction of sp³-hybridized carbons (Fsp3) is 0.381. The summed E-state index contributed by atoms with van der Waals surface area (Å²) in [5, 5.41) is 14.0. The number of nitrogens with one attached hydrogen (secondary N) is 1. The Labute approximate surface area is 187 Å². The van der Waals surface area contributed by atoms with E-state index in [2.05, 4.69) is 5.32 Å². The molecule has 0 saturated carbocycles. The molecular weight excluding hydrogens is 438 g/mol. The quantitative estimate of drug-likeness (QED) is 0.396. The minimum absolute atomic E-state index is 0.00220. The third kappa shape index (κ3) is 5.54. The Morgan fingerprint density at radius 2 is 1.59 bits per heavy atom. The van der Waals surface area contributed by atoms with E-state index < -0.39 is 20.9 Å². The minimum Gasteiger partial charge on any atom is -0.492 e. The monoisotopic (exact) mass is 465 g/mol. The molecule has 0 heterocycles. The lowest BCUT2D eigenvalue weighted by Gasteiger charge is -2.20. The van der Waals surface area contributed by atoms with Gasteiger partial charge in [-0.1, -0.05) is 13.8 Å². The van der Waals surface area contributed by atoms with Crippen LogP contribution >= 0.6 is 0 Å². The van der Waals surface area contributed by atoms with Gasteiger partial charge in [0.15, 0.2) is 5.75 Å². The van der Waals surface area contributed by atoms with Gasteiger partial charge in [0.1, 0.15) is 5.75 Å². The summed E-state index contributed by atoms with van der Waals surface area (Å²) in [6, 6.07) is 8.05. The largest absolute Gasteiger partial charge is 0.492 e. The van der Waals surface area contributed by atoms with Gasteiger partial charge in [-0.2, -0.15) is 4.31 Å². The zero-order valence-electron chi connectivity index (χ0n) is 18.5. The molecule has 1 N–H and O–H groups in total. The lowest BCUT2D eigenvalue weighted by molar-refractivity contribution is -0.385. The Hall–Kier alpha value is -3.18. The average molecular weight is 466 g/mol. The topological polar surface area (TPSA) is 128 Å². The van der Waals surface area contributed by atoms with E-state index in [0.717, 1.165) is 6.07 Å². The zero-order valence-corrected chi connectivity index (χ0v) is 19.3. The average Bonchev–Trinajstić information content (AvgIpc) is 2.76. The van der Waals surface area contributed by atoms with Crippen LogP contribution in [0.1, 0.15) is 38.1 Å². The lowest BCUT2D eigenvalue weighted by Crippen LogP contribution is -2.30. The molecule has 0 aliphatic carbocycles. The van der Waals surface area contributed by atoms with E-state index in [1.54, 1.807) is 27.7 Å². The van der Waals surface area contributed by atoms with Crippen LogP contribution in [0.25, 0.3) is 0 Å². The number of sulfonamides is 1. The molecule has 0 unspecified atom stereocenters. The number of rotatable bonds is 11. The number of hydrogen-bond donors (Lipinski definition) is 1. The SMILES string of the molecule is CCOc1ccc(S(=O)(=O)N(CC)CC)cc1NC(=O)c1ccc(OCC)c([N+](=O)[O-])c1. The predicted octanol–water partition coefficient (Wildman–Crippen LogP) is 3.68. The zero-order chi connectivity index (χ0) is 23.9. The molecule has 0 aliphatic heterocycles. The van der Waals surface area contributed by atoms with Gasteiger partial charge in [0.2, 0.25) is 10.0 Å². The normalized spacial score (nSPS) is 11.3. The van der Waals surface area contributed by atoms with E-state index in [0.29, 0.717) is 19.7 Å². The van der Waals surface area contributed by atoms with Crippen LogP contribution in [0.2, 0.25) is 0 Å². The van der Waals surface area contributed by atoms with Crippen LogP contribution in [0.5, 0.6) is 11.5 Å². The van der Waals surface area contributed by atoms with Crippen molar-refractivity contribution in [1.82, 2.24) is 4.31 Å². The summed E-state index contributed by atoms with van der Waals surface area (Å²) in [6.45, 7) is 8.03. The second-order valence-corrected chi connectivity index (χ2v) is 8.44. The highest BCUT2D eigenvalue weighted by Crippen LogP contribution is 2.31. The molecule has 0 aliphatic rings. The third-order valence-corrected chi connectivity index (χ3v) is 6.61. The van der Waals surface area contributed by atoms with Crippen molar-refractivity contribution in [1.29, 1.82) is 0 Å². The molecule has 11 heteroatoms. The summed E-state index contributed by atoms with van der Waals surface area (Å²) < 4.78 is 37.8. The van der Waals surface area contributed by atoms with Crippen molar-refractivity contribution >= 4 is 27.3 Å². The van der Waals surface area contributed by atoms with Gasteiger partial charge in [-0.3, -0.25) is 14.9 Å². The van der Waals surface area contributed by atoms with Crippen LogP contribution in [0, 0.1) is 10.1 Å². The van der Waals surface area contributed by atoms with E-state index in [1.807, 2.05) is 0 Å². The maximum Gasteiger partial charge on any atom is 0.311 e. The molecule has 0 radical (unpaired) electrons. The van der Waals surface area contributed by atoms with Crippen LogP contribution in [-0.4, -0.2) is 49.9 Å². The van der Waals surface area contributed by atoms with Gasteiger partial charge in [0, 0.05) is 24.7 Å². The number of nitrogens with zero attached hydrogens (tertiary/aromatic N) is 2. The van der Waals surface area contributed by atoms with E-state index in [1.165, 1.54) is 34.6 Å². The standard InChI is InChI=1S/C21H27N3O7S/c1-5-23(6-2)32(28,29)16-10-12-19(30-7-3)17(14-16)22-21(25)15-9-11-20(31-8-4)18(13-15)24(26)27/h9-14H,5-8H2,1-4H3,(H,22,25). The van der Waals surface area contributed by atoms with Crippen LogP contribution < -0.4 is 14.8 Å². The van der Waals surface area contributed by atoms with E-state index in [9.17, 15) is 23.3 Å². The van der Waals surface area contributed by atoms with Gasteiger partial charge in [-0.25, -0.2) is 8.42 Å². The van der Waals surface area contributed by atoms with E-state index in [-0.39, 0.29) is 39.9 Å². The first-order valence-corrected chi connectivity index (χ1v) is 11.6. The summed E-state index contributed by atoms with van der Waals surface area (Å²) in [4.78, 5) is 23.5. The molecule has 0 atom stereocenters. The van der Waals surface area contributed by atoms with Crippen LogP contribution in [0.4, 0.5) is 11.4 Å². The minimum atomic E-state index is -3.77. The first kappa shape index (κ1) is 25.1. The Morgan fingerprint density at radius 1 is 1.00 bits per heavy atom. The molecule has 0 bridgehead atoms. The number of benzene rings is 2. The second-order valence-electron chi connectivity index (χ2n) is 6.51. The molecule has 0 saturated heterocycles. The number of amides is 1. The van der Waals surface area contributed by atoms with Gasteiger partial charge in [-0.15, -0.1) is 0 Å². The third-order valence-electron chi connectivity index (χ3n) is 4.56. The van der Waals surface area contributed by atoms with Gasteiger partial charge in [0.25, 0.3) is 5.91 Å². The second kappa shape index (κ2) is 10.9. The number of hydrogen-bond acceptors (Lipinski definition) is 7. The van der Waals surface area contributed by atoms with Crippen molar-refractivity contribution in [2.75, 3.05) is 31.6 Å². The van der Waals surface area contributed by atoms with Gasteiger partial charge in [-0.05, 0) is 44.2 Å². The highest BCUT2D eigenvalue weighted by Gasteiger charge is 2.24. The highest BCUT2D eigenvalue weighted by atomic mass is 32.2. The Kier molecular flexibility index (Phi) is 8.56. The van der Waals surface area contributed by atoms with Crippen molar-refractivity contribution in [3.05, 3.63) is 52.1 Å². The molecule has 2 rings (SSSR count). The molecule has 2 aromatic carbocycles. The lowest BCUT2D eigenvalue weighted by atomic mass is 10.1. The summed E-state index contributed by atoms with van der Waals surface area (Å²) in [5.74, 6) is -0.328. The molecule has 0 aromatic heterocycles. The van der Waals surface area contributed by atoms with Gasteiger partial charge >= 0.3 is 5.69 Å². The van der Waals surface area contributed by atoms with Crippen molar-refractivity contribution in [3.8, 4) is 11.5 Å². The molecule has 0 spiro atoms. The number of carbonyl (C=O) groups excluding carboxylic acids is 1. The van der Waals surface area contributed by atoms with Crippen LogP contribution in [-0.2, 0) is 10.0 Å². The first-order valence-electron chi connectivity index (χ1n) is 10.2. The summed E-state index contributed by atoms with van der Waals surface area (Å²) in [5.41, 5.74) is -0.191. The number of carbonyl (C=O) groups is 1. The molecule has 32 heavy (non-hydrogen) atoms. The Bertz CT molecular complexity index is 1080. The number of nitro benzene ring substituents is 1. The van der Waals surface area contributed by atoms with E-state index in [4.69, 9.17) is 9.47 Å². The van der Waals surface area contributed by atoms with Gasteiger partial charge < -0.3 is 14.8 Å². The predicted molar refractivity (Wildman–Crippen MR) is 120 cm³/mol. The number of anilines is 1. The van der Waals surface area contributed by atoms with Crippen molar-refractivity contribution in [2.45, 2.75) is 32.6 Å². The van der Waals surface area contributed by atoms with Crippen molar-refractivity contribution in [2.24, 2.45) is 0 Å². The van der Waals surface area contributed by atoms with E-state index >= 15 is 0 Å². The molecule has 2 aromatic rings. The van der Waals surface area contributed by atoms with Crippen LogP contribution in [0.3, 0.4) is 0 Å². The first-order chi connectivity index (χ1) is 15.2. The number of ether oxygens (including phenoxy) is 2. The molecule has 0 fully saturated rings. The van der Waals surface area contributed by atoms with Crippen molar-refractivity contribution < 1.29 is 27.6 Å². The van der Waals surface area contributed by atoms with Gasteiger partial charge in [0.05, 0.1) is 28.7 Å². The fourth-order valence-corrected chi connectivity index (χ4v) is 4.52. The maximum absolute atomic E-state index is 12.9. The smallest absolute Gasteiger partial charge is 0.311 e. The summed E-state index contributed by atoms with van der Waals surface area (Å²) in [7, 11) is -3.77. The highest BCUT2D eigenvalue weighted by molar-refractivity contribution is 7.89. The fourth-order valence-electron chi connectivity index (χ4n) is 3.03. The van der Waals surface area contributed by atoms with Crippen molar-refractivity contribution in [3.63, 3.8) is 0 Å². The number of nitro groups is 1.